The van der Waals surface area contributed by atoms with E-state index >= 15 is 0 Å². The van der Waals surface area contributed by atoms with Gasteiger partial charge in [0.1, 0.15) is 5.60 Å². The lowest BCUT2D eigenvalue weighted by Crippen LogP contribution is -2.36. The molecule has 1 N–H and O–H groups in total. The van der Waals surface area contributed by atoms with Crippen LogP contribution in [0.3, 0.4) is 0 Å². The molecule has 0 unspecified atom stereocenters. The third-order valence-electron chi connectivity index (χ3n) is 3.91. The summed E-state index contributed by atoms with van der Waals surface area (Å²) in [5.74, 6) is 0. The van der Waals surface area contributed by atoms with Gasteiger partial charge in [-0.25, -0.2) is 4.83 Å². The number of benzene rings is 1. The van der Waals surface area contributed by atoms with Crippen molar-refractivity contribution in [2.45, 2.75) is 49.5 Å². The number of hydrogen-bond acceptors (Lipinski definition) is 4. The number of nitrogens with one attached hydrogen (secondary N) is 1. The highest BCUT2D eigenvalue weighted by atomic mass is 32.2. The van der Waals surface area contributed by atoms with Crippen LogP contribution in [0.15, 0.2) is 34.3 Å². The standard InChI is InChI=1S/C15H22N2O3S/c1-13-6-8-14(9-7-13)21(18,19)17-16-12-15(20-2)10-4-3-5-11-15/h6-9,12,17H,3-5,10-11H2,1-2H3. The first-order chi connectivity index (χ1) is 9.97. The number of methoxy groups -OCH3 is 1. The maximum absolute atomic E-state index is 12.1. The van der Waals surface area contributed by atoms with Gasteiger partial charge in [-0.15, -0.1) is 0 Å². The van der Waals surface area contributed by atoms with Crippen LogP contribution in [0, 0.1) is 6.92 Å². The molecular weight excluding hydrogens is 288 g/mol. The van der Waals surface area contributed by atoms with Crippen LogP contribution < -0.4 is 4.83 Å². The Hall–Kier alpha value is -1.40. The molecule has 0 aliphatic heterocycles. The summed E-state index contributed by atoms with van der Waals surface area (Å²) in [6, 6.07) is 6.66. The minimum absolute atomic E-state index is 0.209. The Morgan fingerprint density at radius 1 is 1.19 bits per heavy atom. The predicted molar refractivity (Wildman–Crippen MR) is 82.8 cm³/mol. The molecule has 1 aromatic carbocycles. The summed E-state index contributed by atoms with van der Waals surface area (Å²) in [6.07, 6.45) is 6.68. The SMILES string of the molecule is COC1(C=NNS(=O)(=O)c2ccc(C)cc2)CCCCC1. The lowest BCUT2D eigenvalue weighted by atomic mass is 9.86. The molecule has 116 valence electrons. The molecule has 1 aromatic rings. The Morgan fingerprint density at radius 2 is 1.81 bits per heavy atom. The van der Waals surface area contributed by atoms with E-state index in [4.69, 9.17) is 4.74 Å². The zero-order valence-electron chi connectivity index (χ0n) is 12.5. The molecule has 1 saturated carbocycles. The van der Waals surface area contributed by atoms with Gasteiger partial charge in [-0.2, -0.15) is 13.5 Å². The Bertz CT molecular complexity index is 588. The van der Waals surface area contributed by atoms with Crippen LogP contribution in [0.2, 0.25) is 0 Å². The summed E-state index contributed by atoms with van der Waals surface area (Å²) in [7, 11) is -1.97. The summed E-state index contributed by atoms with van der Waals surface area (Å²) in [6.45, 7) is 1.91. The van der Waals surface area contributed by atoms with Crippen LogP contribution in [0.25, 0.3) is 0 Å². The van der Waals surface area contributed by atoms with Crippen LogP contribution in [-0.2, 0) is 14.8 Å². The first-order valence-corrected chi connectivity index (χ1v) is 8.64. The Labute approximate surface area is 126 Å². The molecule has 0 aromatic heterocycles. The summed E-state index contributed by atoms with van der Waals surface area (Å²) >= 11 is 0. The largest absolute Gasteiger partial charge is 0.372 e. The van der Waals surface area contributed by atoms with Crippen LogP contribution in [0.4, 0.5) is 0 Å². The summed E-state index contributed by atoms with van der Waals surface area (Å²) in [5, 5.41) is 3.92. The predicted octanol–water partition coefficient (Wildman–Crippen LogP) is 2.61. The average molecular weight is 310 g/mol. The van der Waals surface area contributed by atoms with Crippen LogP contribution >= 0.6 is 0 Å². The topological polar surface area (TPSA) is 67.8 Å². The van der Waals surface area contributed by atoms with Crippen LogP contribution in [-0.4, -0.2) is 27.3 Å². The van der Waals surface area contributed by atoms with Gasteiger partial charge >= 0.3 is 0 Å². The molecule has 21 heavy (non-hydrogen) atoms. The minimum atomic E-state index is -3.62. The Morgan fingerprint density at radius 3 is 2.38 bits per heavy atom. The first kappa shape index (κ1) is 16.0. The number of nitrogens with zero attached hydrogens (tertiary/aromatic N) is 1. The summed E-state index contributed by atoms with van der Waals surface area (Å²) in [5.41, 5.74) is 0.576. The van der Waals surface area contributed by atoms with Gasteiger partial charge < -0.3 is 4.74 Å². The van der Waals surface area contributed by atoms with Gasteiger partial charge in [-0.3, -0.25) is 0 Å². The van der Waals surface area contributed by atoms with Gasteiger partial charge in [-0.1, -0.05) is 37.0 Å². The number of ether oxygens (including phenoxy) is 1. The number of sulfonamides is 1. The van der Waals surface area contributed by atoms with E-state index in [1.807, 2.05) is 6.92 Å². The number of hydrazone groups is 1. The van der Waals surface area contributed by atoms with E-state index < -0.39 is 15.6 Å². The fourth-order valence-corrected chi connectivity index (χ4v) is 3.31. The molecular formula is C15H22N2O3S. The molecule has 0 amide bonds. The minimum Gasteiger partial charge on any atom is -0.372 e. The van der Waals surface area contributed by atoms with Gasteiger partial charge in [-0.05, 0) is 31.9 Å². The van der Waals surface area contributed by atoms with Crippen molar-refractivity contribution in [3.8, 4) is 0 Å². The van der Waals surface area contributed by atoms with Crippen molar-refractivity contribution in [2.75, 3.05) is 7.11 Å². The van der Waals surface area contributed by atoms with E-state index in [9.17, 15) is 8.42 Å². The maximum Gasteiger partial charge on any atom is 0.276 e. The van der Waals surface area contributed by atoms with Crippen molar-refractivity contribution in [3.05, 3.63) is 29.8 Å². The highest BCUT2D eigenvalue weighted by molar-refractivity contribution is 7.89. The zero-order valence-corrected chi connectivity index (χ0v) is 13.3. The van der Waals surface area contributed by atoms with Crippen LogP contribution in [0.1, 0.15) is 37.7 Å². The lowest BCUT2D eigenvalue weighted by Gasteiger charge is -2.32. The molecule has 1 aliphatic rings. The van der Waals surface area contributed by atoms with E-state index in [2.05, 4.69) is 9.93 Å². The quantitative estimate of drug-likeness (QED) is 0.671. The smallest absolute Gasteiger partial charge is 0.276 e. The van der Waals surface area contributed by atoms with Gasteiger partial charge in [0.05, 0.1) is 11.1 Å². The second-order valence-electron chi connectivity index (χ2n) is 5.50. The Kier molecular flexibility index (Phi) is 5.00. The van der Waals surface area contributed by atoms with Gasteiger partial charge in [0.2, 0.25) is 0 Å². The Balaban J connectivity index is 2.06. The maximum atomic E-state index is 12.1. The molecule has 0 saturated heterocycles. The third kappa shape index (κ3) is 4.04. The monoisotopic (exact) mass is 310 g/mol. The second-order valence-corrected chi connectivity index (χ2v) is 7.16. The van der Waals surface area contributed by atoms with Crippen molar-refractivity contribution in [2.24, 2.45) is 5.10 Å². The van der Waals surface area contributed by atoms with Gasteiger partial charge in [0.25, 0.3) is 10.0 Å². The van der Waals surface area contributed by atoms with Crippen LogP contribution in [0.5, 0.6) is 0 Å². The zero-order chi connectivity index (χ0) is 15.3. The molecule has 0 radical (unpaired) electrons. The number of hydrogen-bond donors (Lipinski definition) is 1. The van der Waals surface area contributed by atoms with Gasteiger partial charge in [0.15, 0.2) is 0 Å². The lowest BCUT2D eigenvalue weighted by molar-refractivity contribution is 0.0232. The van der Waals surface area contributed by atoms with Crippen molar-refractivity contribution in [3.63, 3.8) is 0 Å². The van der Waals surface area contributed by atoms with E-state index in [1.165, 1.54) is 6.42 Å². The average Bonchev–Trinajstić information content (AvgIpc) is 2.48. The molecule has 1 fully saturated rings. The normalized spacial score (nSPS) is 18.8. The second kappa shape index (κ2) is 6.58. The molecule has 0 spiro atoms. The van der Waals surface area contributed by atoms with E-state index in [0.29, 0.717) is 0 Å². The van der Waals surface area contributed by atoms with Crippen molar-refractivity contribution >= 4 is 16.2 Å². The molecule has 6 heteroatoms. The number of rotatable bonds is 5. The fourth-order valence-electron chi connectivity index (χ4n) is 2.52. The summed E-state index contributed by atoms with van der Waals surface area (Å²) < 4.78 is 29.8. The van der Waals surface area contributed by atoms with Crippen molar-refractivity contribution in [1.29, 1.82) is 0 Å². The third-order valence-corrected chi connectivity index (χ3v) is 5.15. The first-order valence-electron chi connectivity index (χ1n) is 7.15. The molecule has 0 atom stereocenters. The highest BCUT2D eigenvalue weighted by Gasteiger charge is 2.30. The molecule has 0 bridgehead atoms. The van der Waals surface area contributed by atoms with E-state index in [0.717, 1.165) is 31.2 Å². The fraction of sp³-hybridized carbons (Fsp3) is 0.533. The van der Waals surface area contributed by atoms with E-state index in [-0.39, 0.29) is 4.90 Å². The highest BCUT2D eigenvalue weighted by Crippen LogP contribution is 2.29. The van der Waals surface area contributed by atoms with Crippen molar-refractivity contribution < 1.29 is 13.2 Å². The molecule has 0 heterocycles. The number of aryl methyl sites for hydroxylation is 1. The van der Waals surface area contributed by atoms with E-state index in [1.54, 1.807) is 37.6 Å². The molecule has 2 rings (SSSR count). The van der Waals surface area contributed by atoms with Gasteiger partial charge in [0, 0.05) is 7.11 Å². The molecule has 5 nitrogen and oxygen atoms in total. The summed E-state index contributed by atoms with van der Waals surface area (Å²) in [4.78, 5) is 2.47. The molecule has 1 aliphatic carbocycles. The van der Waals surface area contributed by atoms with Crippen molar-refractivity contribution in [1.82, 2.24) is 4.83 Å².